The monoisotopic (exact) mass is 301 g/mol. The number of amides is 1. The summed E-state index contributed by atoms with van der Waals surface area (Å²) in [7, 11) is 0. The Bertz CT molecular complexity index is 483. The van der Waals surface area contributed by atoms with Crippen LogP contribution in [0.15, 0.2) is 18.2 Å². The predicted molar refractivity (Wildman–Crippen MR) is 78.5 cm³/mol. The van der Waals surface area contributed by atoms with Gasteiger partial charge in [-0.25, -0.2) is 8.78 Å². The maximum absolute atomic E-state index is 12.9. The van der Waals surface area contributed by atoms with Crippen molar-refractivity contribution in [1.82, 2.24) is 10.6 Å². The SMILES string of the molecule is CCCCNC(=S)NCC(=O)Nc1ccc(F)c(F)c1. The highest BCUT2D eigenvalue weighted by atomic mass is 32.1. The molecular weight excluding hydrogens is 284 g/mol. The Balaban J connectivity index is 2.32. The van der Waals surface area contributed by atoms with E-state index in [1.807, 2.05) is 0 Å². The van der Waals surface area contributed by atoms with Crippen LogP contribution in [0.5, 0.6) is 0 Å². The first kappa shape index (κ1) is 16.3. The maximum atomic E-state index is 12.9. The van der Waals surface area contributed by atoms with Crippen LogP contribution in [0.4, 0.5) is 14.5 Å². The van der Waals surface area contributed by atoms with E-state index in [0.717, 1.165) is 31.5 Å². The van der Waals surface area contributed by atoms with Gasteiger partial charge in [-0.2, -0.15) is 0 Å². The van der Waals surface area contributed by atoms with E-state index in [1.54, 1.807) is 0 Å². The number of anilines is 1. The van der Waals surface area contributed by atoms with Crippen molar-refractivity contribution in [3.63, 3.8) is 0 Å². The topological polar surface area (TPSA) is 53.2 Å². The molecule has 0 bridgehead atoms. The molecule has 0 heterocycles. The van der Waals surface area contributed by atoms with Gasteiger partial charge in [-0.3, -0.25) is 4.79 Å². The second-order valence-electron chi connectivity index (χ2n) is 4.14. The number of hydrogen-bond donors (Lipinski definition) is 3. The molecule has 0 spiro atoms. The zero-order chi connectivity index (χ0) is 15.0. The molecule has 20 heavy (non-hydrogen) atoms. The van der Waals surface area contributed by atoms with Crippen LogP contribution in [0.1, 0.15) is 19.8 Å². The normalized spacial score (nSPS) is 9.95. The highest BCUT2D eigenvalue weighted by Gasteiger charge is 2.06. The number of carbonyl (C=O) groups is 1. The van der Waals surface area contributed by atoms with Crippen LogP contribution in [0.3, 0.4) is 0 Å². The molecule has 110 valence electrons. The Morgan fingerprint density at radius 2 is 2.00 bits per heavy atom. The summed E-state index contributed by atoms with van der Waals surface area (Å²) >= 11 is 4.98. The molecule has 0 fully saturated rings. The molecule has 1 aromatic rings. The molecular formula is C13H17F2N3OS. The number of thiocarbonyl (C=S) groups is 1. The van der Waals surface area contributed by atoms with Crippen LogP contribution >= 0.6 is 12.2 Å². The minimum atomic E-state index is -1.01. The first-order chi connectivity index (χ1) is 9.52. The lowest BCUT2D eigenvalue weighted by Crippen LogP contribution is -2.40. The second-order valence-corrected chi connectivity index (χ2v) is 4.55. The molecule has 1 aromatic carbocycles. The molecule has 1 amide bonds. The molecule has 7 heteroatoms. The minimum absolute atomic E-state index is 0.0447. The third-order valence-corrected chi connectivity index (χ3v) is 2.72. The standard InChI is InChI=1S/C13H17F2N3OS/c1-2-3-6-16-13(20)17-8-12(19)18-9-4-5-10(14)11(15)7-9/h4-5,7H,2-3,6,8H2,1H3,(H,18,19)(H2,16,17,20). The van der Waals surface area contributed by atoms with Crippen LogP contribution < -0.4 is 16.0 Å². The summed E-state index contributed by atoms with van der Waals surface area (Å²) in [6, 6.07) is 3.16. The van der Waals surface area contributed by atoms with E-state index in [2.05, 4.69) is 22.9 Å². The van der Waals surface area contributed by atoms with Gasteiger partial charge in [0.1, 0.15) is 0 Å². The summed E-state index contributed by atoms with van der Waals surface area (Å²) in [5, 5.41) is 8.50. The highest BCUT2D eigenvalue weighted by Crippen LogP contribution is 2.12. The molecule has 0 saturated carbocycles. The van der Waals surface area contributed by atoms with Crippen LogP contribution in [-0.4, -0.2) is 24.1 Å². The van der Waals surface area contributed by atoms with E-state index in [-0.39, 0.29) is 12.2 Å². The zero-order valence-corrected chi connectivity index (χ0v) is 11.9. The first-order valence-corrected chi connectivity index (χ1v) is 6.70. The van der Waals surface area contributed by atoms with Crippen molar-refractivity contribution in [3.05, 3.63) is 29.8 Å². The quantitative estimate of drug-likeness (QED) is 0.557. The number of nitrogens with one attached hydrogen (secondary N) is 3. The van der Waals surface area contributed by atoms with Crippen LogP contribution in [0.25, 0.3) is 0 Å². The molecule has 0 aliphatic carbocycles. The number of carbonyl (C=O) groups excluding carboxylic acids is 1. The molecule has 4 nitrogen and oxygen atoms in total. The van der Waals surface area contributed by atoms with Gasteiger partial charge in [0.25, 0.3) is 0 Å². The van der Waals surface area contributed by atoms with Gasteiger partial charge in [-0.1, -0.05) is 13.3 Å². The van der Waals surface area contributed by atoms with Gasteiger partial charge in [0.05, 0.1) is 6.54 Å². The Morgan fingerprint density at radius 1 is 1.25 bits per heavy atom. The fourth-order valence-electron chi connectivity index (χ4n) is 1.38. The number of rotatable bonds is 6. The lowest BCUT2D eigenvalue weighted by molar-refractivity contribution is -0.115. The molecule has 0 atom stereocenters. The van der Waals surface area contributed by atoms with Crippen LogP contribution in [-0.2, 0) is 4.79 Å². The van der Waals surface area contributed by atoms with E-state index in [0.29, 0.717) is 5.11 Å². The Kier molecular flexibility index (Phi) is 6.86. The van der Waals surface area contributed by atoms with Gasteiger partial charge in [-0.05, 0) is 30.8 Å². The van der Waals surface area contributed by atoms with Crippen molar-refractivity contribution in [1.29, 1.82) is 0 Å². The number of hydrogen-bond acceptors (Lipinski definition) is 2. The van der Waals surface area contributed by atoms with Crippen molar-refractivity contribution in [2.45, 2.75) is 19.8 Å². The van der Waals surface area contributed by atoms with E-state index >= 15 is 0 Å². The third-order valence-electron chi connectivity index (χ3n) is 2.43. The van der Waals surface area contributed by atoms with E-state index in [4.69, 9.17) is 12.2 Å². The van der Waals surface area contributed by atoms with Crippen molar-refractivity contribution in [2.75, 3.05) is 18.4 Å². The van der Waals surface area contributed by atoms with Crippen molar-refractivity contribution < 1.29 is 13.6 Å². The first-order valence-electron chi connectivity index (χ1n) is 6.29. The average molecular weight is 301 g/mol. The van der Waals surface area contributed by atoms with Gasteiger partial charge in [0.15, 0.2) is 16.7 Å². The molecule has 0 aromatic heterocycles. The summed E-state index contributed by atoms with van der Waals surface area (Å²) < 4.78 is 25.7. The van der Waals surface area contributed by atoms with Gasteiger partial charge < -0.3 is 16.0 Å². The molecule has 0 radical (unpaired) electrons. The molecule has 0 unspecified atom stereocenters. The number of halogens is 2. The highest BCUT2D eigenvalue weighted by molar-refractivity contribution is 7.80. The largest absolute Gasteiger partial charge is 0.363 e. The van der Waals surface area contributed by atoms with Crippen LogP contribution in [0.2, 0.25) is 0 Å². The Morgan fingerprint density at radius 3 is 2.65 bits per heavy atom. The van der Waals surface area contributed by atoms with Gasteiger partial charge in [0.2, 0.25) is 5.91 Å². The van der Waals surface area contributed by atoms with E-state index in [1.165, 1.54) is 6.07 Å². The molecule has 0 aliphatic heterocycles. The fraction of sp³-hybridized carbons (Fsp3) is 0.385. The lowest BCUT2D eigenvalue weighted by Gasteiger charge is -2.10. The van der Waals surface area contributed by atoms with Crippen molar-refractivity contribution >= 4 is 28.9 Å². The summed E-state index contributed by atoms with van der Waals surface area (Å²) in [6.45, 7) is 2.76. The summed E-state index contributed by atoms with van der Waals surface area (Å²) in [6.07, 6.45) is 2.04. The molecule has 0 saturated heterocycles. The fourth-order valence-corrected chi connectivity index (χ4v) is 1.56. The summed E-state index contributed by atoms with van der Waals surface area (Å²) in [5.74, 6) is -2.36. The Hall–Kier alpha value is -1.76. The molecule has 0 aliphatic rings. The molecule has 1 rings (SSSR count). The smallest absolute Gasteiger partial charge is 0.243 e. The second kappa shape index (κ2) is 8.42. The van der Waals surface area contributed by atoms with Gasteiger partial charge in [0, 0.05) is 18.3 Å². The maximum Gasteiger partial charge on any atom is 0.243 e. The third kappa shape index (κ3) is 5.92. The summed E-state index contributed by atoms with van der Waals surface area (Å²) in [5.41, 5.74) is 0.195. The van der Waals surface area contributed by atoms with E-state index in [9.17, 15) is 13.6 Å². The predicted octanol–water partition coefficient (Wildman–Crippen LogP) is 2.17. The molecule has 3 N–H and O–H groups in total. The summed E-state index contributed by atoms with van der Waals surface area (Å²) in [4.78, 5) is 11.6. The zero-order valence-electron chi connectivity index (χ0n) is 11.1. The van der Waals surface area contributed by atoms with Crippen molar-refractivity contribution in [2.24, 2.45) is 0 Å². The Labute approximate surface area is 121 Å². The van der Waals surface area contributed by atoms with Crippen molar-refractivity contribution in [3.8, 4) is 0 Å². The number of unbranched alkanes of at least 4 members (excludes halogenated alkanes) is 1. The number of benzene rings is 1. The van der Waals surface area contributed by atoms with Gasteiger partial charge >= 0.3 is 0 Å². The minimum Gasteiger partial charge on any atom is -0.363 e. The van der Waals surface area contributed by atoms with E-state index < -0.39 is 17.5 Å². The lowest BCUT2D eigenvalue weighted by atomic mass is 10.3. The van der Waals surface area contributed by atoms with Gasteiger partial charge in [-0.15, -0.1) is 0 Å². The average Bonchev–Trinajstić information content (AvgIpc) is 2.41. The van der Waals surface area contributed by atoms with Crippen LogP contribution in [0, 0.1) is 11.6 Å².